The number of benzene rings is 2. The molecule has 6 heteroatoms. The third kappa shape index (κ3) is 5.69. The maximum atomic E-state index is 11.0. The molecule has 0 unspecified atom stereocenters. The van der Waals surface area contributed by atoms with Crippen LogP contribution in [-0.2, 0) is 20.2 Å². The zero-order chi connectivity index (χ0) is 22.6. The fourth-order valence-electron chi connectivity index (χ4n) is 4.08. The van der Waals surface area contributed by atoms with Crippen LogP contribution in [0, 0.1) is 13.8 Å². The summed E-state index contributed by atoms with van der Waals surface area (Å²) in [6.07, 6.45) is 5.11. The van der Waals surface area contributed by atoms with Gasteiger partial charge in [-0.1, -0.05) is 29.8 Å². The van der Waals surface area contributed by atoms with Gasteiger partial charge in [0.25, 0.3) is 0 Å². The van der Waals surface area contributed by atoms with E-state index in [1.807, 2.05) is 49.0 Å². The van der Waals surface area contributed by atoms with E-state index in [1.165, 1.54) is 11.1 Å². The number of rotatable bonds is 8. The number of hydrogen-bond acceptors (Lipinski definition) is 5. The smallest absolute Gasteiger partial charge is 0.146 e. The molecule has 0 bridgehead atoms. The SMILES string of the molecule is Cc1ccc(OCC2(O)CCN(Cc3ccc(OCc4nccn4C)cc3)CC2)c(C)c1. The molecule has 4 rings (SSSR count). The molecule has 1 aliphatic heterocycles. The molecule has 2 aromatic carbocycles. The first-order chi connectivity index (χ1) is 15.4. The number of ether oxygens (including phenoxy) is 2. The van der Waals surface area contributed by atoms with E-state index in [0.29, 0.717) is 26.1 Å². The Morgan fingerprint density at radius 1 is 1.03 bits per heavy atom. The van der Waals surface area contributed by atoms with Crippen LogP contribution in [0.3, 0.4) is 0 Å². The van der Waals surface area contributed by atoms with Crippen molar-refractivity contribution in [2.45, 2.75) is 45.4 Å². The van der Waals surface area contributed by atoms with E-state index in [-0.39, 0.29) is 0 Å². The molecule has 1 aromatic heterocycles. The summed E-state index contributed by atoms with van der Waals surface area (Å²) < 4.78 is 13.8. The van der Waals surface area contributed by atoms with Crippen LogP contribution < -0.4 is 9.47 Å². The molecule has 1 saturated heterocycles. The molecule has 0 aliphatic carbocycles. The molecule has 0 spiro atoms. The average molecular weight is 436 g/mol. The standard InChI is InChI=1S/C26H33N3O3/c1-20-4-9-24(21(2)16-20)32-19-26(30)10-13-29(14-11-26)17-22-5-7-23(8-6-22)31-18-25-27-12-15-28(25)3/h4-9,12,15-16,30H,10-11,13-14,17-19H2,1-3H3. The summed E-state index contributed by atoms with van der Waals surface area (Å²) in [6.45, 7) is 7.49. The van der Waals surface area contributed by atoms with Crippen molar-refractivity contribution in [1.82, 2.24) is 14.5 Å². The highest BCUT2D eigenvalue weighted by Crippen LogP contribution is 2.27. The van der Waals surface area contributed by atoms with Crippen LogP contribution in [0.1, 0.15) is 35.4 Å². The summed E-state index contributed by atoms with van der Waals surface area (Å²) >= 11 is 0. The summed E-state index contributed by atoms with van der Waals surface area (Å²) in [5, 5.41) is 11.0. The Morgan fingerprint density at radius 3 is 2.44 bits per heavy atom. The van der Waals surface area contributed by atoms with Gasteiger partial charge in [0.1, 0.15) is 36.1 Å². The first-order valence-electron chi connectivity index (χ1n) is 11.2. The van der Waals surface area contributed by atoms with Gasteiger partial charge in [-0.3, -0.25) is 4.90 Å². The largest absolute Gasteiger partial charge is 0.490 e. The molecule has 0 saturated carbocycles. The topological polar surface area (TPSA) is 59.8 Å². The molecule has 1 aliphatic rings. The first kappa shape index (κ1) is 22.4. The van der Waals surface area contributed by atoms with Crippen LogP contribution in [0.5, 0.6) is 11.5 Å². The van der Waals surface area contributed by atoms with E-state index < -0.39 is 5.60 Å². The number of aromatic nitrogens is 2. The van der Waals surface area contributed by atoms with Crippen molar-refractivity contribution in [3.63, 3.8) is 0 Å². The summed E-state index contributed by atoms with van der Waals surface area (Å²) in [6, 6.07) is 14.4. The Kier molecular flexibility index (Phi) is 6.82. The Balaban J connectivity index is 1.23. The minimum Gasteiger partial charge on any atom is -0.490 e. The molecule has 1 fully saturated rings. The molecular formula is C26H33N3O3. The normalized spacial score (nSPS) is 16.1. The molecule has 3 aromatic rings. The fourth-order valence-corrected chi connectivity index (χ4v) is 4.08. The maximum Gasteiger partial charge on any atom is 0.146 e. The molecule has 0 radical (unpaired) electrons. The first-order valence-corrected chi connectivity index (χ1v) is 11.2. The molecular weight excluding hydrogens is 402 g/mol. The van der Waals surface area contributed by atoms with Gasteiger partial charge in [0.15, 0.2) is 0 Å². The number of aryl methyl sites for hydroxylation is 3. The molecule has 170 valence electrons. The summed E-state index contributed by atoms with van der Waals surface area (Å²) in [5.74, 6) is 2.60. The van der Waals surface area contributed by atoms with Crippen LogP contribution in [0.15, 0.2) is 54.9 Å². The maximum absolute atomic E-state index is 11.0. The number of likely N-dealkylation sites (tertiary alicyclic amines) is 1. The molecule has 2 heterocycles. The van der Waals surface area contributed by atoms with Crippen molar-refractivity contribution in [3.05, 3.63) is 77.4 Å². The van der Waals surface area contributed by atoms with Gasteiger partial charge in [0, 0.05) is 39.1 Å². The number of imidazole rings is 1. The quantitative estimate of drug-likeness (QED) is 0.579. The van der Waals surface area contributed by atoms with Gasteiger partial charge in [0.2, 0.25) is 0 Å². The predicted molar refractivity (Wildman–Crippen MR) is 125 cm³/mol. The van der Waals surface area contributed by atoms with Gasteiger partial charge in [0.05, 0.1) is 0 Å². The zero-order valence-electron chi connectivity index (χ0n) is 19.3. The van der Waals surface area contributed by atoms with E-state index in [2.05, 4.69) is 35.0 Å². The Bertz CT molecular complexity index is 1020. The van der Waals surface area contributed by atoms with Crippen molar-refractivity contribution in [1.29, 1.82) is 0 Å². The van der Waals surface area contributed by atoms with Crippen molar-refractivity contribution in [2.24, 2.45) is 7.05 Å². The van der Waals surface area contributed by atoms with Gasteiger partial charge >= 0.3 is 0 Å². The van der Waals surface area contributed by atoms with Gasteiger partial charge < -0.3 is 19.1 Å². The Labute approximate surface area is 190 Å². The minimum absolute atomic E-state index is 0.340. The molecule has 0 atom stereocenters. The van der Waals surface area contributed by atoms with E-state index in [9.17, 15) is 5.11 Å². The van der Waals surface area contributed by atoms with Crippen molar-refractivity contribution >= 4 is 0 Å². The number of nitrogens with zero attached hydrogens (tertiary/aromatic N) is 3. The second-order valence-electron chi connectivity index (χ2n) is 8.95. The number of piperidine rings is 1. The number of aliphatic hydroxyl groups is 1. The third-order valence-corrected chi connectivity index (χ3v) is 6.23. The fraction of sp³-hybridized carbons (Fsp3) is 0.423. The van der Waals surface area contributed by atoms with Crippen LogP contribution in [0.2, 0.25) is 0 Å². The van der Waals surface area contributed by atoms with Gasteiger partial charge in [-0.05, 0) is 56.0 Å². The highest BCUT2D eigenvalue weighted by Gasteiger charge is 2.33. The highest BCUT2D eigenvalue weighted by atomic mass is 16.5. The summed E-state index contributed by atoms with van der Waals surface area (Å²) in [4.78, 5) is 6.66. The average Bonchev–Trinajstić information content (AvgIpc) is 3.19. The van der Waals surface area contributed by atoms with Gasteiger partial charge in [-0.25, -0.2) is 4.98 Å². The van der Waals surface area contributed by atoms with Crippen LogP contribution in [0.25, 0.3) is 0 Å². The lowest BCUT2D eigenvalue weighted by atomic mass is 9.92. The molecule has 6 nitrogen and oxygen atoms in total. The monoisotopic (exact) mass is 435 g/mol. The molecule has 1 N–H and O–H groups in total. The summed E-state index contributed by atoms with van der Waals surface area (Å²) in [7, 11) is 1.96. The lowest BCUT2D eigenvalue weighted by Gasteiger charge is -2.38. The lowest BCUT2D eigenvalue weighted by molar-refractivity contribution is -0.0538. The highest BCUT2D eigenvalue weighted by molar-refractivity contribution is 5.35. The van der Waals surface area contributed by atoms with Gasteiger partial charge in [-0.2, -0.15) is 0 Å². The van der Waals surface area contributed by atoms with E-state index in [1.54, 1.807) is 6.20 Å². The molecule has 32 heavy (non-hydrogen) atoms. The molecule has 0 amide bonds. The Morgan fingerprint density at radius 2 is 1.78 bits per heavy atom. The summed E-state index contributed by atoms with van der Waals surface area (Å²) in [5.41, 5.74) is 2.80. The van der Waals surface area contributed by atoms with Gasteiger partial charge in [-0.15, -0.1) is 0 Å². The third-order valence-electron chi connectivity index (χ3n) is 6.23. The van der Waals surface area contributed by atoms with Crippen LogP contribution >= 0.6 is 0 Å². The van der Waals surface area contributed by atoms with E-state index in [4.69, 9.17) is 9.47 Å². The second kappa shape index (κ2) is 9.76. The van der Waals surface area contributed by atoms with Crippen molar-refractivity contribution in [2.75, 3.05) is 19.7 Å². The van der Waals surface area contributed by atoms with Crippen LogP contribution in [0.4, 0.5) is 0 Å². The zero-order valence-corrected chi connectivity index (χ0v) is 19.3. The lowest BCUT2D eigenvalue weighted by Crippen LogP contribution is -2.47. The second-order valence-corrected chi connectivity index (χ2v) is 8.95. The van der Waals surface area contributed by atoms with E-state index >= 15 is 0 Å². The van der Waals surface area contributed by atoms with Crippen molar-refractivity contribution < 1.29 is 14.6 Å². The van der Waals surface area contributed by atoms with E-state index in [0.717, 1.165) is 42.5 Å². The Hall–Kier alpha value is -2.83. The predicted octanol–water partition coefficient (Wildman–Crippen LogP) is 4.02. The minimum atomic E-state index is -0.767. The number of hydrogen-bond donors (Lipinski definition) is 1. The van der Waals surface area contributed by atoms with Crippen LogP contribution in [-0.4, -0.2) is 44.9 Å². The van der Waals surface area contributed by atoms with Crippen molar-refractivity contribution in [3.8, 4) is 11.5 Å².